The Hall–Kier alpha value is -0.250. The van der Waals surface area contributed by atoms with Crippen LogP contribution in [-0.2, 0) is 0 Å². The van der Waals surface area contributed by atoms with Gasteiger partial charge in [0.25, 0.3) is 0 Å². The van der Waals surface area contributed by atoms with Crippen molar-refractivity contribution in [2.45, 2.75) is 13.0 Å². The van der Waals surface area contributed by atoms with E-state index in [2.05, 4.69) is 43.8 Å². The minimum atomic E-state index is 0. The van der Waals surface area contributed by atoms with Crippen LogP contribution in [0.3, 0.4) is 0 Å². The maximum absolute atomic E-state index is 3.70. The van der Waals surface area contributed by atoms with Crippen LogP contribution in [0.5, 0.6) is 0 Å². The van der Waals surface area contributed by atoms with E-state index in [1.54, 1.807) is 0 Å². The summed E-state index contributed by atoms with van der Waals surface area (Å²) in [4.78, 5) is 2.16. The summed E-state index contributed by atoms with van der Waals surface area (Å²) in [6.07, 6.45) is 8.21. The lowest BCUT2D eigenvalue weighted by Crippen LogP contribution is -2.23. The molecule has 0 spiro atoms. The normalized spacial score (nSPS) is 22.2. The van der Waals surface area contributed by atoms with Gasteiger partial charge in [-0.2, -0.15) is 0 Å². The van der Waals surface area contributed by atoms with Gasteiger partial charge in [-0.15, -0.1) is 24.0 Å². The number of allylic oxidation sites excluding steroid dienone is 3. The molecule has 0 amide bonds. The average Bonchev–Trinajstić information content (AvgIpc) is 1.95. The third-order valence-electron chi connectivity index (χ3n) is 1.80. The first-order chi connectivity index (χ1) is 4.74. The highest BCUT2D eigenvalue weighted by atomic mass is 127. The van der Waals surface area contributed by atoms with Gasteiger partial charge >= 0.3 is 0 Å². The summed E-state index contributed by atoms with van der Waals surface area (Å²) in [5, 5.41) is 0. The number of hydrogen-bond donors (Lipinski definition) is 0. The molecular weight excluding hydrogens is 249 g/mol. The van der Waals surface area contributed by atoms with E-state index in [0.717, 1.165) is 0 Å². The molecule has 1 heterocycles. The fourth-order valence-electron chi connectivity index (χ4n) is 0.903. The smallest absolute Gasteiger partial charge is 0.0439 e. The van der Waals surface area contributed by atoms with Crippen LogP contribution in [0.1, 0.15) is 6.92 Å². The minimum Gasteiger partial charge on any atom is -0.374 e. The van der Waals surface area contributed by atoms with Crippen LogP contribution in [0.15, 0.2) is 36.6 Å². The minimum absolute atomic E-state index is 0. The van der Waals surface area contributed by atoms with Crippen molar-refractivity contribution in [3.63, 3.8) is 0 Å². The Balaban J connectivity index is 0.000001000. The van der Waals surface area contributed by atoms with Crippen molar-refractivity contribution in [1.29, 1.82) is 0 Å². The highest BCUT2D eigenvalue weighted by Crippen LogP contribution is 2.11. The molecule has 0 saturated carbocycles. The summed E-state index contributed by atoms with van der Waals surface area (Å²) in [7, 11) is 2.07. The zero-order valence-corrected chi connectivity index (χ0v) is 9.28. The van der Waals surface area contributed by atoms with Crippen molar-refractivity contribution in [3.8, 4) is 0 Å². The molecule has 0 aliphatic carbocycles. The lowest BCUT2D eigenvalue weighted by atomic mass is 10.1. The zero-order chi connectivity index (χ0) is 7.56. The van der Waals surface area contributed by atoms with Crippen molar-refractivity contribution < 1.29 is 0 Å². The molecule has 1 nitrogen and oxygen atoms in total. The van der Waals surface area contributed by atoms with E-state index in [0.29, 0.717) is 6.04 Å². The van der Waals surface area contributed by atoms with Gasteiger partial charge in [-0.3, -0.25) is 0 Å². The highest BCUT2D eigenvalue weighted by molar-refractivity contribution is 14.0. The zero-order valence-electron chi connectivity index (χ0n) is 6.95. The molecule has 0 fully saturated rings. The van der Waals surface area contributed by atoms with Gasteiger partial charge in [0.1, 0.15) is 0 Å². The predicted molar refractivity (Wildman–Crippen MR) is 60.1 cm³/mol. The summed E-state index contributed by atoms with van der Waals surface area (Å²) in [6.45, 7) is 5.86. The fourth-order valence-corrected chi connectivity index (χ4v) is 0.903. The summed E-state index contributed by atoms with van der Waals surface area (Å²) in [5.41, 5.74) is 1.18. The van der Waals surface area contributed by atoms with E-state index in [4.69, 9.17) is 0 Å². The standard InChI is InChI=1S/C9H13N.HI/c1-4-9-6-5-8(2)10(3)7-9;/h4-8H,1H2,2-3H3;1H. The molecule has 2 heteroatoms. The summed E-state index contributed by atoms with van der Waals surface area (Å²) in [5.74, 6) is 0. The van der Waals surface area contributed by atoms with E-state index < -0.39 is 0 Å². The summed E-state index contributed by atoms with van der Waals surface area (Å²) >= 11 is 0. The largest absolute Gasteiger partial charge is 0.374 e. The number of hydrogen-bond acceptors (Lipinski definition) is 1. The van der Waals surface area contributed by atoms with Crippen molar-refractivity contribution in [3.05, 3.63) is 36.6 Å². The van der Waals surface area contributed by atoms with Crippen LogP contribution in [-0.4, -0.2) is 18.0 Å². The molecule has 0 aromatic carbocycles. The summed E-state index contributed by atoms with van der Waals surface area (Å²) in [6, 6.07) is 0.517. The quantitative estimate of drug-likeness (QED) is 0.657. The highest BCUT2D eigenvalue weighted by Gasteiger charge is 2.04. The van der Waals surface area contributed by atoms with Crippen molar-refractivity contribution in [2.75, 3.05) is 7.05 Å². The molecule has 1 unspecified atom stereocenters. The van der Waals surface area contributed by atoms with Crippen molar-refractivity contribution in [2.24, 2.45) is 0 Å². The molecule has 1 aliphatic heterocycles. The fraction of sp³-hybridized carbons (Fsp3) is 0.333. The molecule has 0 N–H and O–H groups in total. The second-order valence-corrected chi connectivity index (χ2v) is 2.60. The Labute approximate surface area is 85.5 Å². The molecule has 0 aromatic rings. The van der Waals surface area contributed by atoms with Crippen LogP contribution < -0.4 is 0 Å². The molecule has 0 radical (unpaired) electrons. The van der Waals surface area contributed by atoms with Gasteiger partial charge in [0, 0.05) is 19.3 Å². The van der Waals surface area contributed by atoms with Gasteiger partial charge < -0.3 is 4.90 Å². The van der Waals surface area contributed by atoms with E-state index in [1.165, 1.54) is 5.57 Å². The Morgan fingerprint density at radius 3 is 2.73 bits per heavy atom. The number of nitrogens with zero attached hydrogens (tertiary/aromatic N) is 1. The SMILES string of the molecule is C=CC1=CN(C)C(C)C=C1.I. The summed E-state index contributed by atoms with van der Waals surface area (Å²) < 4.78 is 0. The van der Waals surface area contributed by atoms with Crippen molar-refractivity contribution in [1.82, 2.24) is 4.90 Å². The van der Waals surface area contributed by atoms with E-state index >= 15 is 0 Å². The van der Waals surface area contributed by atoms with Gasteiger partial charge in [0.2, 0.25) is 0 Å². The van der Waals surface area contributed by atoms with Crippen LogP contribution in [0.25, 0.3) is 0 Å². The van der Waals surface area contributed by atoms with Crippen LogP contribution >= 0.6 is 24.0 Å². The van der Waals surface area contributed by atoms with Gasteiger partial charge in [-0.05, 0) is 12.5 Å². The third-order valence-corrected chi connectivity index (χ3v) is 1.80. The van der Waals surface area contributed by atoms with Crippen molar-refractivity contribution >= 4 is 24.0 Å². The molecule has 0 bridgehead atoms. The van der Waals surface area contributed by atoms with Gasteiger partial charge in [-0.25, -0.2) is 0 Å². The molecule has 62 valence electrons. The van der Waals surface area contributed by atoms with E-state index in [-0.39, 0.29) is 24.0 Å². The second kappa shape index (κ2) is 4.59. The second-order valence-electron chi connectivity index (χ2n) is 2.60. The average molecular weight is 263 g/mol. The van der Waals surface area contributed by atoms with Crippen LogP contribution in [0, 0.1) is 0 Å². The predicted octanol–water partition coefficient (Wildman–Crippen LogP) is 2.56. The Morgan fingerprint density at radius 2 is 2.27 bits per heavy atom. The first-order valence-corrected chi connectivity index (χ1v) is 3.48. The lowest BCUT2D eigenvalue weighted by Gasteiger charge is -2.23. The third kappa shape index (κ3) is 2.69. The Morgan fingerprint density at radius 1 is 1.64 bits per heavy atom. The first-order valence-electron chi connectivity index (χ1n) is 3.48. The van der Waals surface area contributed by atoms with Crippen LogP contribution in [0.2, 0.25) is 0 Å². The van der Waals surface area contributed by atoms with E-state index in [1.807, 2.05) is 6.08 Å². The molecule has 0 aromatic heterocycles. The first kappa shape index (κ1) is 10.8. The Bertz CT molecular complexity index is 194. The molecule has 1 aliphatic rings. The lowest BCUT2D eigenvalue weighted by molar-refractivity contribution is 0.401. The van der Waals surface area contributed by atoms with E-state index in [9.17, 15) is 0 Å². The van der Waals surface area contributed by atoms with Gasteiger partial charge in [0.05, 0.1) is 0 Å². The number of rotatable bonds is 1. The maximum atomic E-state index is 3.70. The molecule has 1 atom stereocenters. The monoisotopic (exact) mass is 263 g/mol. The Kier molecular flexibility index (Phi) is 4.49. The molecule has 1 rings (SSSR count). The van der Waals surface area contributed by atoms with Gasteiger partial charge in [0.15, 0.2) is 0 Å². The molecule has 11 heavy (non-hydrogen) atoms. The molecular formula is C9H14IN. The maximum Gasteiger partial charge on any atom is 0.0439 e. The van der Waals surface area contributed by atoms with Gasteiger partial charge in [-0.1, -0.05) is 24.8 Å². The van der Waals surface area contributed by atoms with Crippen LogP contribution in [0.4, 0.5) is 0 Å². The number of likely N-dealkylation sites (N-methyl/N-ethyl adjacent to an activating group) is 1. The topological polar surface area (TPSA) is 3.24 Å². The molecule has 0 saturated heterocycles. The number of halogens is 1.